The fourth-order valence-corrected chi connectivity index (χ4v) is 2.72. The number of amides is 1. The Hall–Kier alpha value is -0.830. The van der Waals surface area contributed by atoms with E-state index in [1.165, 1.54) is 31.3 Å². The highest BCUT2D eigenvalue weighted by Gasteiger charge is 2.14. The van der Waals surface area contributed by atoms with Crippen molar-refractivity contribution in [2.75, 3.05) is 13.1 Å². The first kappa shape index (κ1) is 12.6. The molecule has 0 aromatic carbocycles. The Morgan fingerprint density at radius 3 is 3.06 bits per heavy atom. The SMILES string of the molecule is O=C(CC1=CCCCC1)NCC[C@@H]1CCCN1. The van der Waals surface area contributed by atoms with Crippen molar-refractivity contribution in [3.05, 3.63) is 11.6 Å². The molecule has 0 saturated carbocycles. The highest BCUT2D eigenvalue weighted by molar-refractivity contribution is 5.78. The zero-order valence-electron chi connectivity index (χ0n) is 10.6. The van der Waals surface area contributed by atoms with Crippen molar-refractivity contribution in [2.24, 2.45) is 0 Å². The first-order valence-electron chi connectivity index (χ1n) is 7.02. The minimum Gasteiger partial charge on any atom is -0.356 e. The zero-order valence-corrected chi connectivity index (χ0v) is 10.6. The van der Waals surface area contributed by atoms with Crippen LogP contribution in [0.2, 0.25) is 0 Å². The lowest BCUT2D eigenvalue weighted by Crippen LogP contribution is -2.30. The molecule has 1 aliphatic heterocycles. The number of rotatable bonds is 5. The van der Waals surface area contributed by atoms with Crippen LogP contribution in [0.1, 0.15) is 51.4 Å². The maximum absolute atomic E-state index is 11.7. The first-order valence-corrected chi connectivity index (χ1v) is 7.02. The van der Waals surface area contributed by atoms with Crippen molar-refractivity contribution in [1.29, 1.82) is 0 Å². The highest BCUT2D eigenvalue weighted by atomic mass is 16.1. The van der Waals surface area contributed by atoms with Gasteiger partial charge in [0.1, 0.15) is 0 Å². The predicted octanol–water partition coefficient (Wildman–Crippen LogP) is 2.14. The molecule has 1 heterocycles. The third-order valence-electron chi connectivity index (χ3n) is 3.75. The lowest BCUT2D eigenvalue weighted by Gasteiger charge is -2.14. The van der Waals surface area contributed by atoms with Crippen LogP contribution in [0.4, 0.5) is 0 Å². The molecule has 0 aromatic rings. The van der Waals surface area contributed by atoms with Crippen molar-refractivity contribution in [3.63, 3.8) is 0 Å². The second kappa shape index (κ2) is 6.80. The van der Waals surface area contributed by atoms with Crippen LogP contribution < -0.4 is 10.6 Å². The molecule has 0 spiro atoms. The topological polar surface area (TPSA) is 41.1 Å². The van der Waals surface area contributed by atoms with Gasteiger partial charge in [-0.25, -0.2) is 0 Å². The van der Waals surface area contributed by atoms with Crippen LogP contribution in [0.3, 0.4) is 0 Å². The predicted molar refractivity (Wildman–Crippen MR) is 69.8 cm³/mol. The quantitative estimate of drug-likeness (QED) is 0.718. The summed E-state index contributed by atoms with van der Waals surface area (Å²) in [4.78, 5) is 11.7. The third kappa shape index (κ3) is 4.50. The second-order valence-electron chi connectivity index (χ2n) is 5.22. The molecule has 1 fully saturated rings. The summed E-state index contributed by atoms with van der Waals surface area (Å²) in [6.07, 6.45) is 11.3. The van der Waals surface area contributed by atoms with Crippen molar-refractivity contribution >= 4 is 5.91 Å². The summed E-state index contributed by atoms with van der Waals surface area (Å²) in [6, 6.07) is 0.629. The van der Waals surface area contributed by atoms with E-state index in [1.54, 1.807) is 0 Å². The van der Waals surface area contributed by atoms with Crippen molar-refractivity contribution in [2.45, 2.75) is 57.4 Å². The van der Waals surface area contributed by atoms with Crippen molar-refractivity contribution < 1.29 is 4.79 Å². The van der Waals surface area contributed by atoms with Crippen LogP contribution in [-0.4, -0.2) is 25.0 Å². The minimum absolute atomic E-state index is 0.205. The molecule has 2 aliphatic rings. The van der Waals surface area contributed by atoms with Crippen LogP contribution >= 0.6 is 0 Å². The number of carbonyl (C=O) groups is 1. The molecule has 2 N–H and O–H groups in total. The molecule has 1 saturated heterocycles. The lowest BCUT2D eigenvalue weighted by molar-refractivity contribution is -0.120. The Morgan fingerprint density at radius 1 is 1.41 bits per heavy atom. The van der Waals surface area contributed by atoms with Crippen LogP contribution in [0.25, 0.3) is 0 Å². The van der Waals surface area contributed by atoms with Gasteiger partial charge in [0.05, 0.1) is 0 Å². The van der Waals surface area contributed by atoms with Crippen LogP contribution in [-0.2, 0) is 4.79 Å². The zero-order chi connectivity index (χ0) is 11.9. The maximum Gasteiger partial charge on any atom is 0.224 e. The third-order valence-corrected chi connectivity index (χ3v) is 3.75. The van der Waals surface area contributed by atoms with Gasteiger partial charge >= 0.3 is 0 Å². The molecule has 0 aromatic heterocycles. The maximum atomic E-state index is 11.7. The van der Waals surface area contributed by atoms with Gasteiger partial charge in [-0.1, -0.05) is 11.6 Å². The average Bonchev–Trinajstić information content (AvgIpc) is 2.83. The molecule has 1 atom stereocenters. The van der Waals surface area contributed by atoms with Gasteiger partial charge in [-0.3, -0.25) is 4.79 Å². The van der Waals surface area contributed by atoms with Crippen LogP contribution in [0.5, 0.6) is 0 Å². The molecule has 96 valence electrons. The van der Waals surface area contributed by atoms with Crippen LogP contribution in [0, 0.1) is 0 Å². The average molecular weight is 236 g/mol. The van der Waals surface area contributed by atoms with E-state index in [2.05, 4.69) is 16.7 Å². The Labute approximate surface area is 104 Å². The Balaban J connectivity index is 1.58. The van der Waals surface area contributed by atoms with E-state index in [0.29, 0.717) is 12.5 Å². The summed E-state index contributed by atoms with van der Waals surface area (Å²) in [6.45, 7) is 1.97. The summed E-state index contributed by atoms with van der Waals surface area (Å²) in [5.74, 6) is 0.205. The Kier molecular flexibility index (Phi) is 5.05. The largest absolute Gasteiger partial charge is 0.356 e. The molecule has 1 aliphatic carbocycles. The van der Waals surface area contributed by atoms with E-state index in [-0.39, 0.29) is 5.91 Å². The van der Waals surface area contributed by atoms with E-state index < -0.39 is 0 Å². The summed E-state index contributed by atoms with van der Waals surface area (Å²) < 4.78 is 0. The van der Waals surface area contributed by atoms with E-state index in [9.17, 15) is 4.79 Å². The van der Waals surface area contributed by atoms with Gasteiger partial charge in [-0.05, 0) is 51.5 Å². The molecular formula is C14H24N2O. The van der Waals surface area contributed by atoms with Gasteiger partial charge < -0.3 is 10.6 Å². The normalized spacial score (nSPS) is 24.5. The van der Waals surface area contributed by atoms with Gasteiger partial charge in [-0.2, -0.15) is 0 Å². The smallest absolute Gasteiger partial charge is 0.224 e. The summed E-state index contributed by atoms with van der Waals surface area (Å²) in [5, 5.41) is 6.49. The van der Waals surface area contributed by atoms with E-state index >= 15 is 0 Å². The van der Waals surface area contributed by atoms with Gasteiger partial charge in [0.2, 0.25) is 5.91 Å². The molecule has 17 heavy (non-hydrogen) atoms. The van der Waals surface area contributed by atoms with Crippen LogP contribution in [0.15, 0.2) is 11.6 Å². The molecule has 3 heteroatoms. The number of hydrogen-bond acceptors (Lipinski definition) is 2. The monoisotopic (exact) mass is 236 g/mol. The minimum atomic E-state index is 0.205. The molecule has 0 unspecified atom stereocenters. The van der Waals surface area contributed by atoms with Crippen molar-refractivity contribution in [1.82, 2.24) is 10.6 Å². The molecule has 1 amide bonds. The Bertz CT molecular complexity index is 280. The summed E-state index contributed by atoms with van der Waals surface area (Å²) in [5.41, 5.74) is 1.34. The summed E-state index contributed by atoms with van der Waals surface area (Å²) >= 11 is 0. The first-order chi connectivity index (χ1) is 8.34. The second-order valence-corrected chi connectivity index (χ2v) is 5.22. The number of hydrogen-bond donors (Lipinski definition) is 2. The Morgan fingerprint density at radius 2 is 2.35 bits per heavy atom. The number of carbonyl (C=O) groups excluding carboxylic acids is 1. The van der Waals surface area contributed by atoms with Gasteiger partial charge in [0.25, 0.3) is 0 Å². The molecule has 0 radical (unpaired) electrons. The van der Waals surface area contributed by atoms with Crippen molar-refractivity contribution in [3.8, 4) is 0 Å². The molecule has 0 bridgehead atoms. The van der Waals surface area contributed by atoms with Gasteiger partial charge in [-0.15, -0.1) is 0 Å². The highest BCUT2D eigenvalue weighted by Crippen LogP contribution is 2.19. The fourth-order valence-electron chi connectivity index (χ4n) is 2.72. The van der Waals surface area contributed by atoms with E-state index in [4.69, 9.17) is 0 Å². The molecule has 2 rings (SSSR count). The molecular weight excluding hydrogens is 212 g/mol. The number of allylic oxidation sites excluding steroid dienone is 1. The fraction of sp³-hybridized carbons (Fsp3) is 0.786. The van der Waals surface area contributed by atoms with Gasteiger partial charge in [0, 0.05) is 19.0 Å². The molecule has 3 nitrogen and oxygen atoms in total. The number of nitrogens with one attached hydrogen (secondary N) is 2. The van der Waals surface area contributed by atoms with Gasteiger partial charge in [0.15, 0.2) is 0 Å². The standard InChI is InChI=1S/C14H24N2O/c17-14(11-12-5-2-1-3-6-12)16-10-8-13-7-4-9-15-13/h5,13,15H,1-4,6-11H2,(H,16,17)/t13-/m0/s1. The van der Waals surface area contributed by atoms with E-state index in [0.717, 1.165) is 32.4 Å². The summed E-state index contributed by atoms with van der Waals surface area (Å²) in [7, 11) is 0. The van der Waals surface area contributed by atoms with E-state index in [1.807, 2.05) is 0 Å². The lowest BCUT2D eigenvalue weighted by atomic mass is 9.97.